The van der Waals surface area contributed by atoms with Crippen molar-refractivity contribution in [3.63, 3.8) is 0 Å². The predicted octanol–water partition coefficient (Wildman–Crippen LogP) is 8.50. The number of unbranched alkanes of at least 4 members (excludes halogenated alkanes) is 14. The highest BCUT2D eigenvalue weighted by Gasteiger charge is 2.46. The summed E-state index contributed by atoms with van der Waals surface area (Å²) in [5, 5.41) is 41.8. The van der Waals surface area contributed by atoms with Gasteiger partial charge in [0, 0.05) is 19.0 Å². The van der Waals surface area contributed by atoms with Crippen LogP contribution in [0.25, 0.3) is 0 Å². The molecule has 0 saturated carbocycles. The number of phosphoric ester groups is 2. The van der Waals surface area contributed by atoms with Gasteiger partial charge in [-0.1, -0.05) is 127 Å². The van der Waals surface area contributed by atoms with E-state index >= 15 is 0 Å². The molecular weight excluding hydrogens is 977 g/mol. The van der Waals surface area contributed by atoms with Crippen molar-refractivity contribution in [1.82, 2.24) is 9.55 Å². The Bertz CT molecular complexity index is 1930. The molecule has 412 valence electrons. The number of esters is 2. The standard InChI is InChI=1S/C50H85N3O17P2/c1-3-5-7-9-11-13-15-17-18-19-21-23-25-27-29-33-46(57)68-40(37-65-45(56)34-30-32-42(55)41(54)31-28-26-24-22-20-16-14-12-10-8-6-4-2)38-66-71(61,62)70-72(63,64)67-39-43-47(58)48(59)49(69-43)53-36-35-44(51)52-50(53)60/h12-15,20,22,26,28,35-36,40-43,47-49,54-55,58-59H,3-11,16-19,21,23-25,27,29-34,37-39H2,1-2H3,(H,61,62)(H,63,64)(H2,51,52,60)/b14-12-,15-13-,22-20-,28-26-/t40-,41?,42?,43-,47-,48-,49-/m1/s1. The molecule has 0 aromatic carbocycles. The third-order valence-electron chi connectivity index (χ3n) is 11.6. The van der Waals surface area contributed by atoms with E-state index in [-0.39, 0.29) is 37.9 Å². The van der Waals surface area contributed by atoms with Crippen LogP contribution < -0.4 is 11.4 Å². The Balaban J connectivity index is 1.86. The van der Waals surface area contributed by atoms with Crippen molar-refractivity contribution >= 4 is 33.4 Å². The van der Waals surface area contributed by atoms with Gasteiger partial charge in [0.05, 0.1) is 25.4 Å². The zero-order valence-electron chi connectivity index (χ0n) is 42.4. The Labute approximate surface area is 425 Å². The molecule has 1 aliphatic rings. The highest BCUT2D eigenvalue weighted by Crippen LogP contribution is 2.60. The summed E-state index contributed by atoms with van der Waals surface area (Å²) in [6.07, 6.45) is 27.8. The van der Waals surface area contributed by atoms with Crippen molar-refractivity contribution in [2.24, 2.45) is 0 Å². The number of hydrogen-bond acceptors (Lipinski definition) is 17. The first-order chi connectivity index (χ1) is 34.5. The molecule has 0 spiro atoms. The molecule has 1 aromatic heterocycles. The second-order valence-electron chi connectivity index (χ2n) is 18.0. The number of allylic oxidation sites excluding steroid dienone is 7. The molecule has 1 saturated heterocycles. The molecule has 0 radical (unpaired) electrons. The Hall–Kier alpha value is -3.36. The summed E-state index contributed by atoms with van der Waals surface area (Å²) >= 11 is 0. The molecule has 2 heterocycles. The number of carbonyl (C=O) groups excluding carboxylic acids is 2. The van der Waals surface area contributed by atoms with Gasteiger partial charge >= 0.3 is 33.3 Å². The Morgan fingerprint density at radius 1 is 0.722 bits per heavy atom. The van der Waals surface area contributed by atoms with Crippen molar-refractivity contribution in [1.29, 1.82) is 0 Å². The number of hydrogen-bond donors (Lipinski definition) is 7. The first-order valence-electron chi connectivity index (χ1n) is 25.8. The Kier molecular flexibility index (Phi) is 34.4. The first kappa shape index (κ1) is 64.8. The van der Waals surface area contributed by atoms with E-state index in [9.17, 15) is 53.7 Å². The molecular formula is C50H85N3O17P2. The van der Waals surface area contributed by atoms with Gasteiger partial charge in [-0.3, -0.25) is 23.2 Å². The minimum absolute atomic E-state index is 0.0163. The van der Waals surface area contributed by atoms with E-state index in [1.54, 1.807) is 6.08 Å². The summed E-state index contributed by atoms with van der Waals surface area (Å²) in [5.74, 6) is -1.60. The summed E-state index contributed by atoms with van der Waals surface area (Å²) in [7, 11) is -11.0. The minimum atomic E-state index is -5.49. The lowest BCUT2D eigenvalue weighted by atomic mass is 10.0. The van der Waals surface area contributed by atoms with Crippen LogP contribution in [0, 0.1) is 0 Å². The van der Waals surface area contributed by atoms with Crippen molar-refractivity contribution in [2.75, 3.05) is 25.6 Å². The first-order valence-corrected chi connectivity index (χ1v) is 28.8. The molecule has 1 fully saturated rings. The van der Waals surface area contributed by atoms with Crippen molar-refractivity contribution < 1.29 is 76.5 Å². The zero-order valence-corrected chi connectivity index (χ0v) is 44.2. The molecule has 0 aliphatic carbocycles. The van der Waals surface area contributed by atoms with Gasteiger partial charge in [0.1, 0.15) is 30.7 Å². The predicted molar refractivity (Wildman–Crippen MR) is 273 cm³/mol. The fourth-order valence-electron chi connectivity index (χ4n) is 7.41. The molecule has 0 amide bonds. The molecule has 1 aliphatic heterocycles. The molecule has 9 atom stereocenters. The summed E-state index contributed by atoms with van der Waals surface area (Å²) in [5.41, 5.74) is 4.56. The van der Waals surface area contributed by atoms with Crippen LogP contribution in [0.5, 0.6) is 0 Å². The average Bonchev–Trinajstić information content (AvgIpc) is 3.61. The molecule has 20 nitrogen and oxygen atoms in total. The lowest BCUT2D eigenvalue weighted by Crippen LogP contribution is -2.36. The fraction of sp³-hybridized carbons (Fsp3) is 0.720. The van der Waals surface area contributed by atoms with Crippen LogP contribution in [0.15, 0.2) is 65.7 Å². The number of nitrogens with two attached hydrogens (primary N) is 1. The number of phosphoric acid groups is 2. The maximum atomic E-state index is 12.9. The van der Waals surface area contributed by atoms with E-state index in [4.69, 9.17) is 29.0 Å². The van der Waals surface area contributed by atoms with Crippen LogP contribution in [0.4, 0.5) is 5.82 Å². The third kappa shape index (κ3) is 30.1. The number of nitrogen functional groups attached to an aromatic ring is 1. The molecule has 2 rings (SSSR count). The van der Waals surface area contributed by atoms with Gasteiger partial charge < -0.3 is 50.2 Å². The van der Waals surface area contributed by atoms with Crippen molar-refractivity contribution in [2.45, 2.75) is 211 Å². The number of aliphatic hydroxyl groups excluding tert-OH is 4. The number of carbonyl (C=O) groups is 2. The molecule has 22 heteroatoms. The summed E-state index contributed by atoms with van der Waals surface area (Å²) < 4.78 is 56.6. The van der Waals surface area contributed by atoms with Crippen LogP contribution in [-0.2, 0) is 46.3 Å². The molecule has 8 N–H and O–H groups in total. The van der Waals surface area contributed by atoms with Crippen LogP contribution >= 0.6 is 15.6 Å². The van der Waals surface area contributed by atoms with Gasteiger partial charge in [0.2, 0.25) is 0 Å². The lowest BCUT2D eigenvalue weighted by molar-refractivity contribution is -0.161. The number of ether oxygens (including phenoxy) is 3. The van der Waals surface area contributed by atoms with Gasteiger partial charge in [-0.25, -0.2) is 13.9 Å². The quantitative estimate of drug-likeness (QED) is 0.0140. The van der Waals surface area contributed by atoms with Crippen molar-refractivity contribution in [3.05, 3.63) is 71.4 Å². The minimum Gasteiger partial charge on any atom is -0.462 e. The van der Waals surface area contributed by atoms with E-state index in [1.807, 2.05) is 12.2 Å². The third-order valence-corrected chi connectivity index (χ3v) is 14.2. The maximum Gasteiger partial charge on any atom is 0.481 e. The smallest absolute Gasteiger partial charge is 0.462 e. The Morgan fingerprint density at radius 3 is 1.92 bits per heavy atom. The zero-order chi connectivity index (χ0) is 53.0. The van der Waals surface area contributed by atoms with Gasteiger partial charge in [-0.15, -0.1) is 0 Å². The number of anilines is 1. The van der Waals surface area contributed by atoms with Crippen molar-refractivity contribution in [3.8, 4) is 0 Å². The maximum absolute atomic E-state index is 12.9. The van der Waals surface area contributed by atoms with E-state index < -0.39 is 95.9 Å². The van der Waals surface area contributed by atoms with E-state index in [2.05, 4.69) is 53.5 Å². The van der Waals surface area contributed by atoms with E-state index in [0.29, 0.717) is 12.8 Å². The number of aromatic nitrogens is 2. The fourth-order valence-corrected chi connectivity index (χ4v) is 9.52. The summed E-state index contributed by atoms with van der Waals surface area (Å²) in [4.78, 5) is 62.0. The van der Waals surface area contributed by atoms with E-state index in [0.717, 1.165) is 75.0 Å². The molecule has 0 bridgehead atoms. The van der Waals surface area contributed by atoms with Gasteiger partial charge in [-0.05, 0) is 83.1 Å². The lowest BCUT2D eigenvalue weighted by Gasteiger charge is -2.21. The number of aliphatic hydroxyl groups is 4. The SMILES string of the molecule is CCCCC/C=C\C/C=C\C/C=C\CC(O)C(O)CCCC(=O)OC[C@H](COP(=O)(O)OP(=O)(O)OC[C@H]1O[C@@H](n2ccc(N)nc2=O)[C@H](O)[C@@H]1O)OC(=O)CCCCCCCCC/C=C\CCCCCC. The van der Waals surface area contributed by atoms with Gasteiger partial charge in [0.25, 0.3) is 0 Å². The van der Waals surface area contributed by atoms with Gasteiger partial charge in [-0.2, -0.15) is 9.29 Å². The second-order valence-corrected chi connectivity index (χ2v) is 21.0. The largest absolute Gasteiger partial charge is 0.481 e. The average molecular weight is 1060 g/mol. The van der Waals surface area contributed by atoms with Crippen LogP contribution in [-0.4, -0.2) is 108 Å². The van der Waals surface area contributed by atoms with Crippen LogP contribution in [0.3, 0.4) is 0 Å². The summed E-state index contributed by atoms with van der Waals surface area (Å²) in [6, 6.07) is 1.23. The second kappa shape index (κ2) is 38.2. The van der Waals surface area contributed by atoms with Crippen LogP contribution in [0.2, 0.25) is 0 Å². The molecule has 4 unspecified atom stereocenters. The van der Waals surface area contributed by atoms with Gasteiger partial charge in [0.15, 0.2) is 12.3 Å². The highest BCUT2D eigenvalue weighted by atomic mass is 31.3. The number of rotatable bonds is 42. The molecule has 72 heavy (non-hydrogen) atoms. The normalized spacial score (nSPS) is 20.3. The summed E-state index contributed by atoms with van der Waals surface area (Å²) in [6.45, 7) is 1.83. The topological polar surface area (TPSA) is 306 Å². The Morgan fingerprint density at radius 2 is 1.26 bits per heavy atom. The van der Waals surface area contributed by atoms with E-state index in [1.165, 1.54) is 51.0 Å². The highest BCUT2D eigenvalue weighted by molar-refractivity contribution is 7.61. The molecule has 1 aromatic rings. The number of nitrogens with zero attached hydrogens (tertiary/aromatic N) is 2. The van der Waals surface area contributed by atoms with Crippen LogP contribution in [0.1, 0.15) is 174 Å². The monoisotopic (exact) mass is 1060 g/mol.